The molecule has 0 saturated heterocycles. The fourth-order valence-corrected chi connectivity index (χ4v) is 5.48. The van der Waals surface area contributed by atoms with Crippen molar-refractivity contribution in [2.75, 3.05) is 0 Å². The number of carbonyl (C=O) groups excluding carboxylic acids is 2. The van der Waals surface area contributed by atoms with E-state index >= 15 is 0 Å². The smallest absolute Gasteiger partial charge is 0.244 e. The lowest BCUT2D eigenvalue weighted by Gasteiger charge is -2.35. The van der Waals surface area contributed by atoms with Gasteiger partial charge in [0.1, 0.15) is 17.3 Å². The van der Waals surface area contributed by atoms with Crippen molar-refractivity contribution in [1.29, 1.82) is 0 Å². The zero-order valence-electron chi connectivity index (χ0n) is 16.5. The van der Waals surface area contributed by atoms with Crippen LogP contribution in [0.5, 0.6) is 11.5 Å². The molecule has 0 heterocycles. The summed E-state index contributed by atoms with van der Waals surface area (Å²) >= 11 is 0. The number of ether oxygens (including phenoxy) is 1. The first-order chi connectivity index (χ1) is 14.4. The topological polar surface area (TPSA) is 110 Å². The van der Waals surface area contributed by atoms with Gasteiger partial charge in [0, 0.05) is 19.3 Å². The largest absolute Gasteiger partial charge is 0.457 e. The number of benzene rings is 2. The number of ketones is 1. The Morgan fingerprint density at radius 3 is 2.07 bits per heavy atom. The minimum Gasteiger partial charge on any atom is -0.457 e. The van der Waals surface area contributed by atoms with Crippen LogP contribution in [0.15, 0.2) is 72.7 Å². The van der Waals surface area contributed by atoms with E-state index in [1.807, 2.05) is 18.2 Å². The third-order valence-electron chi connectivity index (χ3n) is 5.01. The molecule has 30 heavy (non-hydrogen) atoms. The van der Waals surface area contributed by atoms with E-state index in [1.165, 1.54) is 17.6 Å². The number of amides is 1. The number of Topliss-reactive ketones (excluding diaryl/α,β-unsaturated/α-hetero) is 1. The first-order valence-electron chi connectivity index (χ1n) is 9.39. The first kappa shape index (κ1) is 23.3. The van der Waals surface area contributed by atoms with E-state index in [0.29, 0.717) is 11.5 Å². The number of rotatable bonds is 6. The van der Waals surface area contributed by atoms with Gasteiger partial charge in [0.25, 0.3) is 0 Å². The number of hydrogen-bond donors (Lipinski definition) is 2. The van der Waals surface area contributed by atoms with E-state index in [-0.39, 0.29) is 36.4 Å². The molecule has 1 aliphatic carbocycles. The lowest BCUT2D eigenvalue weighted by molar-refractivity contribution is -0.131. The predicted octanol–water partition coefficient (Wildman–Crippen LogP) is 3.83. The summed E-state index contributed by atoms with van der Waals surface area (Å²) in [5.74, 6) is 0.287. The van der Waals surface area contributed by atoms with Crippen molar-refractivity contribution in [1.82, 2.24) is 5.48 Å². The Bertz CT molecular complexity index is 960. The molecular weight excluding hydrogens is 406 g/mol. The standard InChI is InChI=1S/C20H21NO6S.C2H4/c22-15-10-12-20(13-11-15,14-19(23)21-24)28(25,26)18-8-6-17(7-9-18)27-16-4-2-1-3-5-16;1-2/h1-9,24H,10-14H2,(H,21,23);1-2H2. The Hall–Kier alpha value is -2.97. The highest BCUT2D eigenvalue weighted by Crippen LogP contribution is 2.41. The molecule has 3 rings (SSSR count). The monoisotopic (exact) mass is 431 g/mol. The Morgan fingerprint density at radius 1 is 1.00 bits per heavy atom. The zero-order valence-corrected chi connectivity index (χ0v) is 17.4. The lowest BCUT2D eigenvalue weighted by atomic mass is 9.85. The van der Waals surface area contributed by atoms with Crippen molar-refractivity contribution in [3.8, 4) is 11.5 Å². The second-order valence-electron chi connectivity index (χ2n) is 6.82. The SMILES string of the molecule is C=C.O=C1CCC(CC(=O)NO)(S(=O)(=O)c2ccc(Oc3ccccc3)cc2)CC1. The number of hydrogen-bond acceptors (Lipinski definition) is 6. The molecule has 1 amide bonds. The summed E-state index contributed by atoms with van der Waals surface area (Å²) in [6.45, 7) is 6.00. The third-order valence-corrected chi connectivity index (χ3v) is 7.59. The van der Waals surface area contributed by atoms with Gasteiger partial charge in [0.15, 0.2) is 9.84 Å². The molecule has 7 nitrogen and oxygen atoms in total. The molecule has 1 aliphatic rings. The van der Waals surface area contributed by atoms with Crippen LogP contribution in [0.1, 0.15) is 32.1 Å². The molecule has 0 spiro atoms. The van der Waals surface area contributed by atoms with Gasteiger partial charge in [-0.2, -0.15) is 0 Å². The van der Waals surface area contributed by atoms with Crippen molar-refractivity contribution < 1.29 is 28.0 Å². The maximum absolute atomic E-state index is 13.3. The van der Waals surface area contributed by atoms with E-state index < -0.39 is 26.9 Å². The molecule has 160 valence electrons. The van der Waals surface area contributed by atoms with Crippen LogP contribution >= 0.6 is 0 Å². The van der Waals surface area contributed by atoms with Gasteiger partial charge >= 0.3 is 0 Å². The summed E-state index contributed by atoms with van der Waals surface area (Å²) in [5, 5.41) is 8.87. The Morgan fingerprint density at radius 2 is 1.53 bits per heavy atom. The molecule has 0 unspecified atom stereocenters. The number of carbonyl (C=O) groups is 2. The second kappa shape index (κ2) is 10.2. The van der Waals surface area contributed by atoms with Crippen molar-refractivity contribution in [2.45, 2.75) is 41.7 Å². The maximum Gasteiger partial charge on any atom is 0.244 e. The van der Waals surface area contributed by atoms with E-state index in [4.69, 9.17) is 9.94 Å². The van der Waals surface area contributed by atoms with Crippen molar-refractivity contribution in [2.24, 2.45) is 0 Å². The summed E-state index contributed by atoms with van der Waals surface area (Å²) in [5.41, 5.74) is 1.50. The van der Waals surface area contributed by atoms with E-state index in [9.17, 15) is 18.0 Å². The van der Waals surface area contributed by atoms with Crippen molar-refractivity contribution in [3.05, 3.63) is 67.8 Å². The van der Waals surface area contributed by atoms with Crippen LogP contribution in [-0.4, -0.2) is 30.1 Å². The maximum atomic E-state index is 13.3. The molecule has 2 aromatic carbocycles. The van der Waals surface area contributed by atoms with Gasteiger partial charge in [-0.1, -0.05) is 18.2 Å². The molecule has 1 fully saturated rings. The molecule has 0 atom stereocenters. The molecule has 0 aromatic heterocycles. The Balaban J connectivity index is 0.00000155. The van der Waals surface area contributed by atoms with Gasteiger partial charge in [0.05, 0.1) is 9.64 Å². The van der Waals surface area contributed by atoms with E-state index in [1.54, 1.807) is 24.3 Å². The van der Waals surface area contributed by atoms with Gasteiger partial charge in [0.2, 0.25) is 5.91 Å². The fourth-order valence-electron chi connectivity index (χ4n) is 3.42. The molecular formula is C22H25NO6S. The van der Waals surface area contributed by atoms with Crippen molar-refractivity contribution >= 4 is 21.5 Å². The predicted molar refractivity (Wildman–Crippen MR) is 112 cm³/mol. The molecule has 0 bridgehead atoms. The van der Waals surface area contributed by atoms with Crippen LogP contribution in [-0.2, 0) is 19.4 Å². The molecule has 8 heteroatoms. The summed E-state index contributed by atoms with van der Waals surface area (Å²) < 4.78 is 30.9. The molecule has 2 aromatic rings. The summed E-state index contributed by atoms with van der Waals surface area (Å²) in [4.78, 5) is 23.4. The zero-order chi connectivity index (χ0) is 22.2. The van der Waals surface area contributed by atoms with Crippen LogP contribution in [0.4, 0.5) is 0 Å². The van der Waals surface area contributed by atoms with Gasteiger partial charge in [-0.05, 0) is 49.2 Å². The molecule has 2 N–H and O–H groups in total. The highest BCUT2D eigenvalue weighted by Gasteiger charge is 2.48. The molecule has 1 saturated carbocycles. The average molecular weight is 432 g/mol. The number of para-hydroxylation sites is 1. The van der Waals surface area contributed by atoms with Crippen LogP contribution in [0.3, 0.4) is 0 Å². The van der Waals surface area contributed by atoms with Crippen LogP contribution in [0.25, 0.3) is 0 Å². The van der Waals surface area contributed by atoms with E-state index in [0.717, 1.165) is 0 Å². The average Bonchev–Trinajstić information content (AvgIpc) is 2.78. The quantitative estimate of drug-likeness (QED) is 0.409. The van der Waals surface area contributed by atoms with Crippen LogP contribution < -0.4 is 10.2 Å². The summed E-state index contributed by atoms with van der Waals surface area (Å²) in [7, 11) is -3.92. The van der Waals surface area contributed by atoms with Crippen LogP contribution in [0.2, 0.25) is 0 Å². The van der Waals surface area contributed by atoms with Crippen LogP contribution in [0, 0.1) is 0 Å². The van der Waals surface area contributed by atoms with E-state index in [2.05, 4.69) is 13.2 Å². The highest BCUT2D eigenvalue weighted by molar-refractivity contribution is 7.92. The van der Waals surface area contributed by atoms with Gasteiger partial charge < -0.3 is 4.74 Å². The Labute approximate surface area is 176 Å². The summed E-state index contributed by atoms with van der Waals surface area (Å²) in [6.07, 6.45) is -0.130. The van der Waals surface area contributed by atoms with Gasteiger partial charge in [-0.15, -0.1) is 13.2 Å². The Kier molecular flexibility index (Phi) is 7.91. The third kappa shape index (κ3) is 5.14. The minimum absolute atomic E-state index is 0.0261. The highest BCUT2D eigenvalue weighted by atomic mass is 32.2. The molecule has 0 aliphatic heterocycles. The molecule has 0 radical (unpaired) electrons. The minimum atomic E-state index is -3.92. The number of sulfone groups is 1. The normalized spacial score (nSPS) is 15.4. The van der Waals surface area contributed by atoms with Gasteiger partial charge in [-0.3, -0.25) is 14.8 Å². The summed E-state index contributed by atoms with van der Waals surface area (Å²) in [6, 6.07) is 15.0. The first-order valence-corrected chi connectivity index (χ1v) is 10.9. The number of hydroxylamine groups is 1. The van der Waals surface area contributed by atoms with Crippen molar-refractivity contribution in [3.63, 3.8) is 0 Å². The van der Waals surface area contributed by atoms with Gasteiger partial charge in [-0.25, -0.2) is 13.9 Å². The number of nitrogens with one attached hydrogen (secondary N) is 1. The fraction of sp³-hybridized carbons (Fsp3) is 0.273. The second-order valence-corrected chi connectivity index (χ2v) is 9.17. The lowest BCUT2D eigenvalue weighted by Crippen LogP contribution is -2.46.